The van der Waals surface area contributed by atoms with Gasteiger partial charge >= 0.3 is 0 Å². The standard InChI is InChI=1S/C15H16N2OS/c1-11-5-4-7-13(9-11)19-10-12-6-2-3-8-14(12)15(16)17-18/h2-9,18H,10H2,1H3,(H2,16,17). The van der Waals surface area contributed by atoms with Gasteiger partial charge in [-0.1, -0.05) is 47.1 Å². The third kappa shape index (κ3) is 3.51. The maximum atomic E-state index is 8.79. The summed E-state index contributed by atoms with van der Waals surface area (Å²) >= 11 is 1.74. The fourth-order valence-corrected chi connectivity index (χ4v) is 2.83. The first-order chi connectivity index (χ1) is 9.20. The van der Waals surface area contributed by atoms with Gasteiger partial charge in [0.1, 0.15) is 0 Å². The summed E-state index contributed by atoms with van der Waals surface area (Å²) in [5.41, 5.74) is 8.77. The topological polar surface area (TPSA) is 58.6 Å². The van der Waals surface area contributed by atoms with E-state index in [9.17, 15) is 0 Å². The first-order valence-electron chi connectivity index (χ1n) is 5.96. The Hall–Kier alpha value is -1.94. The molecule has 0 amide bonds. The van der Waals surface area contributed by atoms with Crippen LogP contribution in [-0.4, -0.2) is 11.0 Å². The lowest BCUT2D eigenvalue weighted by atomic mass is 10.1. The van der Waals surface area contributed by atoms with Crippen LogP contribution in [0.5, 0.6) is 0 Å². The molecule has 0 unspecified atom stereocenters. The molecule has 0 spiro atoms. The van der Waals surface area contributed by atoms with Crippen molar-refractivity contribution in [1.29, 1.82) is 0 Å². The quantitative estimate of drug-likeness (QED) is 0.295. The SMILES string of the molecule is Cc1cccc(SCc2ccccc2C(N)=NO)c1. The average Bonchev–Trinajstić information content (AvgIpc) is 2.45. The van der Waals surface area contributed by atoms with E-state index in [-0.39, 0.29) is 5.84 Å². The number of thioether (sulfide) groups is 1. The normalized spacial score (nSPS) is 11.5. The van der Waals surface area contributed by atoms with Crippen molar-refractivity contribution < 1.29 is 5.21 Å². The second-order valence-electron chi connectivity index (χ2n) is 4.25. The molecule has 19 heavy (non-hydrogen) atoms. The van der Waals surface area contributed by atoms with E-state index in [1.54, 1.807) is 11.8 Å². The van der Waals surface area contributed by atoms with Crippen LogP contribution in [0.25, 0.3) is 0 Å². The van der Waals surface area contributed by atoms with E-state index in [0.29, 0.717) is 0 Å². The minimum Gasteiger partial charge on any atom is -0.409 e. The van der Waals surface area contributed by atoms with E-state index >= 15 is 0 Å². The van der Waals surface area contributed by atoms with E-state index in [4.69, 9.17) is 10.9 Å². The second kappa shape index (κ2) is 6.29. The zero-order valence-corrected chi connectivity index (χ0v) is 11.5. The van der Waals surface area contributed by atoms with Gasteiger partial charge in [-0.3, -0.25) is 0 Å². The van der Waals surface area contributed by atoms with Gasteiger partial charge in [0, 0.05) is 16.2 Å². The Bertz CT molecular complexity index is 596. The Morgan fingerprint density at radius 3 is 2.74 bits per heavy atom. The summed E-state index contributed by atoms with van der Waals surface area (Å²) in [4.78, 5) is 1.22. The number of oxime groups is 1. The van der Waals surface area contributed by atoms with Crippen molar-refractivity contribution >= 4 is 17.6 Å². The van der Waals surface area contributed by atoms with Gasteiger partial charge < -0.3 is 10.9 Å². The Morgan fingerprint density at radius 2 is 2.00 bits per heavy atom. The number of hydrogen-bond donors (Lipinski definition) is 2. The molecule has 0 atom stereocenters. The van der Waals surface area contributed by atoms with Crippen LogP contribution in [0, 0.1) is 6.92 Å². The van der Waals surface area contributed by atoms with E-state index in [1.807, 2.05) is 30.3 Å². The maximum absolute atomic E-state index is 8.79. The lowest BCUT2D eigenvalue weighted by Crippen LogP contribution is -2.15. The molecule has 0 aromatic heterocycles. The van der Waals surface area contributed by atoms with Crippen molar-refractivity contribution in [2.45, 2.75) is 17.6 Å². The minimum atomic E-state index is 0.153. The van der Waals surface area contributed by atoms with Crippen molar-refractivity contribution in [1.82, 2.24) is 0 Å². The molecule has 0 aliphatic carbocycles. The smallest absolute Gasteiger partial charge is 0.170 e. The van der Waals surface area contributed by atoms with Crippen LogP contribution in [0.1, 0.15) is 16.7 Å². The summed E-state index contributed by atoms with van der Waals surface area (Å²) in [6.45, 7) is 2.08. The zero-order valence-electron chi connectivity index (χ0n) is 10.7. The van der Waals surface area contributed by atoms with Gasteiger partial charge in [-0.15, -0.1) is 11.8 Å². The van der Waals surface area contributed by atoms with Gasteiger partial charge in [-0.05, 0) is 24.6 Å². The van der Waals surface area contributed by atoms with Crippen molar-refractivity contribution in [3.05, 3.63) is 65.2 Å². The third-order valence-corrected chi connectivity index (χ3v) is 3.83. The van der Waals surface area contributed by atoms with Gasteiger partial charge in [-0.25, -0.2) is 0 Å². The van der Waals surface area contributed by atoms with Crippen molar-refractivity contribution in [3.63, 3.8) is 0 Å². The summed E-state index contributed by atoms with van der Waals surface area (Å²) in [6.07, 6.45) is 0. The summed E-state index contributed by atoms with van der Waals surface area (Å²) in [7, 11) is 0. The van der Waals surface area contributed by atoms with Crippen molar-refractivity contribution in [2.24, 2.45) is 10.9 Å². The minimum absolute atomic E-state index is 0.153. The predicted molar refractivity (Wildman–Crippen MR) is 79.7 cm³/mol. The van der Waals surface area contributed by atoms with Crippen LogP contribution in [-0.2, 0) is 5.75 Å². The number of nitrogens with two attached hydrogens (primary N) is 1. The molecule has 98 valence electrons. The molecule has 2 aromatic carbocycles. The number of hydrogen-bond acceptors (Lipinski definition) is 3. The van der Waals surface area contributed by atoms with Gasteiger partial charge in [0.2, 0.25) is 0 Å². The second-order valence-corrected chi connectivity index (χ2v) is 5.30. The fourth-order valence-electron chi connectivity index (χ4n) is 1.82. The Balaban J connectivity index is 2.16. The molecule has 3 N–H and O–H groups in total. The van der Waals surface area contributed by atoms with Crippen LogP contribution >= 0.6 is 11.8 Å². The summed E-state index contributed by atoms with van der Waals surface area (Å²) in [6, 6.07) is 16.1. The van der Waals surface area contributed by atoms with Crippen molar-refractivity contribution in [2.75, 3.05) is 0 Å². The van der Waals surface area contributed by atoms with Crippen LogP contribution in [0.4, 0.5) is 0 Å². The highest BCUT2D eigenvalue weighted by atomic mass is 32.2. The molecule has 0 saturated carbocycles. The first-order valence-corrected chi connectivity index (χ1v) is 6.94. The largest absolute Gasteiger partial charge is 0.409 e. The molecular weight excluding hydrogens is 256 g/mol. The highest BCUT2D eigenvalue weighted by molar-refractivity contribution is 7.98. The molecular formula is C15H16N2OS. The lowest BCUT2D eigenvalue weighted by Gasteiger charge is -2.08. The van der Waals surface area contributed by atoms with Crippen LogP contribution in [0.2, 0.25) is 0 Å². The Morgan fingerprint density at radius 1 is 1.21 bits per heavy atom. The van der Waals surface area contributed by atoms with Gasteiger partial charge in [0.25, 0.3) is 0 Å². The van der Waals surface area contributed by atoms with Crippen molar-refractivity contribution in [3.8, 4) is 0 Å². The molecule has 3 nitrogen and oxygen atoms in total. The molecule has 4 heteroatoms. The van der Waals surface area contributed by atoms with Gasteiger partial charge in [0.05, 0.1) is 0 Å². The monoisotopic (exact) mass is 272 g/mol. The average molecular weight is 272 g/mol. The predicted octanol–water partition coefficient (Wildman–Crippen LogP) is 3.38. The molecule has 2 aromatic rings. The van der Waals surface area contributed by atoms with Gasteiger partial charge in [0.15, 0.2) is 5.84 Å². The van der Waals surface area contributed by atoms with E-state index < -0.39 is 0 Å². The van der Waals surface area contributed by atoms with E-state index in [1.165, 1.54) is 10.5 Å². The molecule has 2 rings (SSSR count). The number of rotatable bonds is 4. The van der Waals surface area contributed by atoms with E-state index in [0.717, 1.165) is 16.9 Å². The van der Waals surface area contributed by atoms with Crippen LogP contribution in [0.15, 0.2) is 58.6 Å². The van der Waals surface area contributed by atoms with Gasteiger partial charge in [-0.2, -0.15) is 0 Å². The molecule has 0 fully saturated rings. The summed E-state index contributed by atoms with van der Waals surface area (Å²) < 4.78 is 0. The number of aryl methyl sites for hydroxylation is 1. The zero-order chi connectivity index (χ0) is 13.7. The molecule has 0 saturated heterocycles. The Labute approximate surface area is 117 Å². The highest BCUT2D eigenvalue weighted by Gasteiger charge is 2.06. The summed E-state index contributed by atoms with van der Waals surface area (Å²) in [5, 5.41) is 11.9. The lowest BCUT2D eigenvalue weighted by molar-refractivity contribution is 0.318. The van der Waals surface area contributed by atoms with Crippen LogP contribution < -0.4 is 5.73 Å². The first kappa shape index (κ1) is 13.5. The number of amidine groups is 1. The number of nitrogens with zero attached hydrogens (tertiary/aromatic N) is 1. The fraction of sp³-hybridized carbons (Fsp3) is 0.133. The molecule has 0 heterocycles. The summed E-state index contributed by atoms with van der Waals surface area (Å²) in [5.74, 6) is 0.941. The molecule has 0 radical (unpaired) electrons. The highest BCUT2D eigenvalue weighted by Crippen LogP contribution is 2.25. The Kier molecular flexibility index (Phi) is 4.47. The number of benzene rings is 2. The molecule has 0 aliphatic heterocycles. The maximum Gasteiger partial charge on any atom is 0.170 e. The molecule has 0 bridgehead atoms. The van der Waals surface area contributed by atoms with Crippen LogP contribution in [0.3, 0.4) is 0 Å². The third-order valence-electron chi connectivity index (χ3n) is 2.78. The van der Waals surface area contributed by atoms with E-state index in [2.05, 4.69) is 30.3 Å². The molecule has 0 aliphatic rings.